The number of ether oxygens (including phenoxy) is 1. The Morgan fingerprint density at radius 3 is 1.60 bits per heavy atom. The van der Waals surface area contributed by atoms with Crippen LogP contribution in [-0.2, 0) is 4.74 Å². The first-order valence-electron chi connectivity index (χ1n) is 17.3. The van der Waals surface area contributed by atoms with Crippen LogP contribution in [0.2, 0.25) is 15.5 Å². The van der Waals surface area contributed by atoms with Crippen LogP contribution in [0.25, 0.3) is 48.5 Å². The summed E-state index contributed by atoms with van der Waals surface area (Å²) in [7, 11) is 0. The lowest BCUT2D eigenvalue weighted by Crippen LogP contribution is -2.23. The third kappa shape index (κ3) is 8.57. The van der Waals surface area contributed by atoms with Gasteiger partial charge in [-0.2, -0.15) is 0 Å². The van der Waals surface area contributed by atoms with Crippen molar-refractivity contribution in [3.05, 3.63) is 146 Å². The maximum Gasteiger partial charge on any atom is 0.343 e. The van der Waals surface area contributed by atoms with Gasteiger partial charge in [-0.05, 0) is 43.3 Å². The van der Waals surface area contributed by atoms with Crippen LogP contribution >= 0.6 is 68.8 Å². The fourth-order valence-corrected chi connectivity index (χ4v) is 7.99. The molecule has 0 saturated heterocycles. The molecule has 0 aliphatic carbocycles. The molecule has 0 saturated carbocycles. The average molecular weight is 951 g/mol. The van der Waals surface area contributed by atoms with Gasteiger partial charge in [-0.1, -0.05) is 34.8 Å². The van der Waals surface area contributed by atoms with E-state index in [0.29, 0.717) is 27.3 Å². The zero-order chi connectivity index (χ0) is 44.2. The smallest absolute Gasteiger partial charge is 0.343 e. The van der Waals surface area contributed by atoms with Gasteiger partial charge in [0.25, 0.3) is 5.56 Å². The summed E-state index contributed by atoms with van der Waals surface area (Å²) in [5.74, 6) is -2.37. The van der Waals surface area contributed by atoms with Crippen LogP contribution in [0, 0.1) is 0 Å². The lowest BCUT2D eigenvalue weighted by molar-refractivity contribution is 0.0523. The molecule has 9 aromatic rings. The van der Waals surface area contributed by atoms with Crippen LogP contribution in [0.1, 0.15) is 38.0 Å². The highest BCUT2D eigenvalue weighted by Gasteiger charge is 2.21. The molecule has 9 heterocycles. The van der Waals surface area contributed by atoms with E-state index in [1.165, 1.54) is 87.5 Å². The molecule has 9 aromatic heterocycles. The number of rotatable bonds is 7. The normalized spacial score (nSPS) is 10.8. The van der Waals surface area contributed by atoms with E-state index in [9.17, 15) is 33.9 Å². The summed E-state index contributed by atoms with van der Waals surface area (Å²) in [4.78, 5) is 95.7. The van der Waals surface area contributed by atoms with Crippen molar-refractivity contribution in [3.8, 4) is 21.1 Å². The second-order valence-electron chi connectivity index (χ2n) is 12.0. The van der Waals surface area contributed by atoms with E-state index in [0.717, 1.165) is 4.57 Å². The number of aromatic nitrogens is 9. The molecule has 0 aliphatic rings. The highest BCUT2D eigenvalue weighted by atomic mass is 35.5. The van der Waals surface area contributed by atoms with Crippen molar-refractivity contribution in [3.63, 3.8) is 0 Å². The van der Waals surface area contributed by atoms with E-state index in [1.807, 2.05) is 0 Å². The number of carbonyl (C=O) groups excluding carboxylic acids is 2. The number of nitrogens with zero attached hydrogens (tertiary/aromatic N) is 9. The monoisotopic (exact) mass is 949 g/mol. The Balaban J connectivity index is 0.000000140. The topological polar surface area (TPSA) is 244 Å². The number of halogens is 3. The average Bonchev–Trinajstić information content (AvgIpc) is 4.08. The van der Waals surface area contributed by atoms with E-state index in [2.05, 4.69) is 29.9 Å². The minimum absolute atomic E-state index is 0.0614. The van der Waals surface area contributed by atoms with Crippen LogP contribution in [0.15, 0.2) is 97.9 Å². The number of aromatic hydroxyl groups is 1. The molecule has 62 heavy (non-hydrogen) atoms. The second kappa shape index (κ2) is 18.5. The Morgan fingerprint density at radius 1 is 0.694 bits per heavy atom. The van der Waals surface area contributed by atoms with Crippen molar-refractivity contribution in [2.75, 3.05) is 6.61 Å². The number of aldehydes is 1. The zero-order valence-electron chi connectivity index (χ0n) is 31.0. The lowest BCUT2D eigenvalue weighted by atomic mass is 10.2. The first-order valence-corrected chi connectivity index (χ1v) is 21.0. The summed E-state index contributed by atoms with van der Waals surface area (Å²) in [6.45, 7) is 1.87. The second-order valence-corrected chi connectivity index (χ2v) is 15.8. The van der Waals surface area contributed by atoms with Crippen molar-refractivity contribution in [2.45, 2.75) is 6.92 Å². The zero-order valence-corrected chi connectivity index (χ0v) is 35.7. The minimum atomic E-state index is -1.29. The number of carboxylic acid groups (broad SMARTS) is 1. The predicted molar refractivity (Wildman–Crippen MR) is 234 cm³/mol. The van der Waals surface area contributed by atoms with Crippen LogP contribution in [0.5, 0.6) is 5.75 Å². The Bertz CT molecular complexity index is 3360. The van der Waals surface area contributed by atoms with Crippen molar-refractivity contribution in [1.29, 1.82) is 0 Å². The summed E-state index contributed by atoms with van der Waals surface area (Å²) >= 11 is 21.5. The number of thiazole rings is 3. The van der Waals surface area contributed by atoms with Crippen LogP contribution in [0.4, 0.5) is 0 Å². The molecule has 0 aromatic carbocycles. The van der Waals surface area contributed by atoms with Crippen LogP contribution in [-0.4, -0.2) is 78.6 Å². The fourth-order valence-electron chi connectivity index (χ4n) is 5.68. The molecule has 2 N–H and O–H groups in total. The van der Waals surface area contributed by atoms with E-state index in [-0.39, 0.29) is 66.2 Å². The molecule has 0 atom stereocenters. The molecule has 0 unspecified atom stereocenters. The number of carboxylic acids is 1. The van der Waals surface area contributed by atoms with Crippen molar-refractivity contribution >= 4 is 120 Å². The van der Waals surface area contributed by atoms with E-state index >= 15 is 0 Å². The molecular formula is C38H22Cl3N9O9S3. The standard InChI is InChI=1S/C14H10ClN3O3S.2C12H6ClN3O3S/c1-2-21-13(20)9-7-18(14-16-5-6-22-14)12-8(11(9)19)3-4-10(15)17-12;13-8-2-1-6-9(18)7(5-17)11(19)16(10(6)15-8)12-14-3-4-20-12;13-8-2-1-6-9(17)7(11(18)19)5-16(10(6)15-8)12-14-3-4-20-12/h3-7H,2H2,1H3;1-5,18H;1-5H,(H,18,19). The number of hydrogen-bond donors (Lipinski definition) is 2. The lowest BCUT2D eigenvalue weighted by Gasteiger charge is -2.10. The molecule has 0 aliphatic heterocycles. The van der Waals surface area contributed by atoms with Gasteiger partial charge in [0.2, 0.25) is 10.9 Å². The number of fused-ring (bicyclic) bond motifs is 3. The highest BCUT2D eigenvalue weighted by Crippen LogP contribution is 2.28. The number of aromatic carboxylic acids is 1. The van der Waals surface area contributed by atoms with Crippen LogP contribution in [0.3, 0.4) is 0 Å². The summed E-state index contributed by atoms with van der Waals surface area (Å²) in [5.41, 5.74) is -1.67. The molecule has 0 fully saturated rings. The maximum atomic E-state index is 12.5. The van der Waals surface area contributed by atoms with Gasteiger partial charge in [-0.15, -0.1) is 34.0 Å². The maximum absolute atomic E-state index is 12.5. The first kappa shape index (κ1) is 43.3. The first-order chi connectivity index (χ1) is 29.8. The summed E-state index contributed by atoms with van der Waals surface area (Å²) in [5, 5.41) is 27.1. The Hall–Kier alpha value is -6.75. The van der Waals surface area contributed by atoms with Gasteiger partial charge >= 0.3 is 11.9 Å². The molecule has 0 amide bonds. The molecule has 0 bridgehead atoms. The van der Waals surface area contributed by atoms with Crippen molar-refractivity contribution in [1.82, 2.24) is 43.6 Å². The number of carbonyl (C=O) groups is 3. The molecule has 18 nitrogen and oxygen atoms in total. The van der Waals surface area contributed by atoms with Crippen molar-refractivity contribution < 1.29 is 29.3 Å². The number of hydrogen-bond acceptors (Lipinski definition) is 17. The Morgan fingerprint density at radius 2 is 1.15 bits per heavy atom. The van der Waals surface area contributed by atoms with E-state index < -0.39 is 34.1 Å². The molecule has 24 heteroatoms. The van der Waals surface area contributed by atoms with Crippen molar-refractivity contribution in [2.24, 2.45) is 0 Å². The van der Waals surface area contributed by atoms with E-state index in [1.54, 1.807) is 46.1 Å². The van der Waals surface area contributed by atoms with Gasteiger partial charge in [0, 0.05) is 47.1 Å². The number of pyridine rings is 6. The van der Waals surface area contributed by atoms with Gasteiger partial charge in [0.1, 0.15) is 37.9 Å². The van der Waals surface area contributed by atoms with Gasteiger partial charge in [-0.25, -0.2) is 44.1 Å². The third-order valence-electron chi connectivity index (χ3n) is 8.34. The predicted octanol–water partition coefficient (Wildman–Crippen LogP) is 6.88. The summed E-state index contributed by atoms with van der Waals surface area (Å²) < 4.78 is 9.12. The van der Waals surface area contributed by atoms with Gasteiger partial charge < -0.3 is 14.9 Å². The number of esters is 1. The quantitative estimate of drug-likeness (QED) is 0.0940. The van der Waals surface area contributed by atoms with Gasteiger partial charge in [-0.3, -0.25) is 28.3 Å². The molecular weight excluding hydrogens is 929 g/mol. The third-order valence-corrected chi connectivity index (χ3v) is 11.3. The fraction of sp³-hybridized carbons (Fsp3) is 0.0526. The molecule has 0 radical (unpaired) electrons. The molecule has 9 rings (SSSR count). The molecule has 312 valence electrons. The summed E-state index contributed by atoms with van der Waals surface area (Å²) in [6, 6.07) is 8.92. The van der Waals surface area contributed by atoms with Crippen LogP contribution < -0.4 is 16.4 Å². The Labute approximate surface area is 372 Å². The minimum Gasteiger partial charge on any atom is -0.506 e. The van der Waals surface area contributed by atoms with Gasteiger partial charge in [0.05, 0.1) is 22.8 Å². The molecule has 0 spiro atoms. The largest absolute Gasteiger partial charge is 0.506 e. The van der Waals surface area contributed by atoms with Gasteiger partial charge in [0.15, 0.2) is 38.6 Å². The Kier molecular flexibility index (Phi) is 12.9. The van der Waals surface area contributed by atoms with E-state index in [4.69, 9.17) is 44.6 Å². The summed E-state index contributed by atoms with van der Waals surface area (Å²) in [6.07, 6.45) is 7.65. The highest BCUT2D eigenvalue weighted by molar-refractivity contribution is 7.12. The SMILES string of the molecule is CCOC(=O)c1cn(-c2nccs2)c2nc(Cl)ccc2c1=O.O=C(O)c1cn(-c2nccs2)c2nc(Cl)ccc2c1=O.O=Cc1c(O)c2ccc(Cl)nc2n(-c2nccs2)c1=O.